The van der Waals surface area contributed by atoms with Crippen molar-refractivity contribution in [3.63, 3.8) is 0 Å². The molecule has 1 aliphatic carbocycles. The molecular weight excluding hydrogens is 492 g/mol. The fourth-order valence-corrected chi connectivity index (χ4v) is 4.26. The van der Waals surface area contributed by atoms with Crippen molar-refractivity contribution in [2.75, 3.05) is 13.2 Å². The molecule has 0 saturated heterocycles. The number of rotatable bonds is 15. The first-order valence-electron chi connectivity index (χ1n) is 12.0. The third kappa shape index (κ3) is 11.4. The van der Waals surface area contributed by atoms with Gasteiger partial charge in [0.25, 0.3) is 0 Å². The summed E-state index contributed by atoms with van der Waals surface area (Å²) in [7, 11) is 0. The van der Waals surface area contributed by atoms with Gasteiger partial charge in [-0.3, -0.25) is 15.2 Å². The zero-order chi connectivity index (χ0) is 26.5. The average molecular weight is 529 g/mol. The second kappa shape index (κ2) is 16.0. The number of nitrogens with one attached hydrogen (secondary N) is 1. The molecule has 1 aliphatic rings. The van der Waals surface area contributed by atoms with E-state index in [0.717, 1.165) is 0 Å². The van der Waals surface area contributed by atoms with Gasteiger partial charge < -0.3 is 25.4 Å². The number of nitrogens with zero attached hydrogens (tertiary/aromatic N) is 1. The van der Waals surface area contributed by atoms with Gasteiger partial charge in [-0.1, -0.05) is 42.0 Å². The van der Waals surface area contributed by atoms with Gasteiger partial charge in [0.15, 0.2) is 0 Å². The quantitative estimate of drug-likeness (QED) is 0.115. The first-order valence-corrected chi connectivity index (χ1v) is 12.4. The van der Waals surface area contributed by atoms with Crippen LogP contribution in [0.3, 0.4) is 0 Å². The van der Waals surface area contributed by atoms with Gasteiger partial charge in [-0.2, -0.15) is 0 Å². The minimum absolute atomic E-state index is 0.0352. The highest BCUT2D eigenvalue weighted by Crippen LogP contribution is 2.36. The van der Waals surface area contributed by atoms with Crippen LogP contribution in [0.4, 0.5) is 0 Å². The van der Waals surface area contributed by atoms with Crippen LogP contribution in [-0.2, 0) is 9.63 Å². The molecule has 0 aliphatic heterocycles. The van der Waals surface area contributed by atoms with Gasteiger partial charge in [-0.25, -0.2) is 4.84 Å². The van der Waals surface area contributed by atoms with Crippen LogP contribution in [0.2, 0.25) is 5.02 Å². The smallest absolute Gasteiger partial charge is 0.220 e. The summed E-state index contributed by atoms with van der Waals surface area (Å²) >= 11 is 5.92. The summed E-state index contributed by atoms with van der Waals surface area (Å²) in [4.78, 5) is 16.3. The number of aliphatic hydroxyl groups is 3. The third-order valence-corrected chi connectivity index (χ3v) is 6.12. The molecule has 36 heavy (non-hydrogen) atoms. The minimum atomic E-state index is -0.878. The zero-order valence-electron chi connectivity index (χ0n) is 20.3. The average Bonchev–Trinajstić information content (AvgIpc) is 3.09. The summed E-state index contributed by atoms with van der Waals surface area (Å²) in [6.07, 6.45) is 7.42. The van der Waals surface area contributed by atoms with E-state index in [9.17, 15) is 20.1 Å². The first-order chi connectivity index (χ1) is 17.2. The third-order valence-electron chi connectivity index (χ3n) is 5.89. The highest BCUT2D eigenvalue weighted by Gasteiger charge is 2.39. The van der Waals surface area contributed by atoms with Crippen LogP contribution in [0.15, 0.2) is 48.6 Å². The predicted molar refractivity (Wildman–Crippen MR) is 132 cm³/mol. The number of benzene rings is 1. The summed E-state index contributed by atoms with van der Waals surface area (Å²) in [5, 5.41) is 50.8. The van der Waals surface area contributed by atoms with Gasteiger partial charge in [-0.15, -0.1) is 0 Å². The standard InChI is InChI=1S/C25H37ClN2O8/c1-17(15-36-28(33)34)27-25(32)10-5-3-2-4-9-21-22(24(31)14-23(21)30)12-11-19(29)16-35-20-8-6-7-18(26)13-20/h2,4,6-8,11-13,17,19,21-24,29-31,33-34H,3,5,9-10,14-16H2,1H3,(H,27,32)/b4-2-,12-11+/t17?,19-,21-,22-,23+,24-/m1/s1. The maximum atomic E-state index is 11.9. The van der Waals surface area contributed by atoms with E-state index < -0.39 is 23.7 Å². The van der Waals surface area contributed by atoms with E-state index in [1.54, 1.807) is 43.3 Å². The highest BCUT2D eigenvalue weighted by molar-refractivity contribution is 6.30. The van der Waals surface area contributed by atoms with Gasteiger partial charge >= 0.3 is 0 Å². The van der Waals surface area contributed by atoms with E-state index in [0.29, 0.717) is 36.5 Å². The summed E-state index contributed by atoms with van der Waals surface area (Å²) in [5.41, 5.74) is 0. The van der Waals surface area contributed by atoms with E-state index in [2.05, 4.69) is 10.2 Å². The Morgan fingerprint density at radius 3 is 2.75 bits per heavy atom. The number of unbranched alkanes of at least 4 members (excludes halogenated alkanes) is 1. The van der Waals surface area contributed by atoms with Gasteiger partial charge in [-0.05, 0) is 50.3 Å². The van der Waals surface area contributed by atoms with Crippen LogP contribution in [0, 0.1) is 11.8 Å². The largest absolute Gasteiger partial charge is 0.491 e. The molecule has 2 rings (SSSR count). The van der Waals surface area contributed by atoms with Gasteiger partial charge in [0.05, 0.1) is 30.2 Å². The van der Waals surface area contributed by atoms with Crippen LogP contribution in [0.1, 0.15) is 39.0 Å². The van der Waals surface area contributed by atoms with Gasteiger partial charge in [0, 0.05) is 23.8 Å². The van der Waals surface area contributed by atoms with E-state index in [1.165, 1.54) is 0 Å². The Morgan fingerprint density at radius 2 is 2.03 bits per heavy atom. The fraction of sp³-hybridized carbons (Fsp3) is 0.560. The summed E-state index contributed by atoms with van der Waals surface area (Å²) in [6.45, 7) is 1.64. The number of allylic oxidation sites excluding steroid dienone is 2. The molecule has 1 aromatic carbocycles. The van der Waals surface area contributed by atoms with Crippen molar-refractivity contribution in [2.45, 2.75) is 63.4 Å². The number of carbonyl (C=O) groups is 1. The van der Waals surface area contributed by atoms with Crippen molar-refractivity contribution >= 4 is 17.5 Å². The van der Waals surface area contributed by atoms with E-state index >= 15 is 0 Å². The SMILES string of the molecule is CC(CON(O)O)NC(=O)CCC/C=C\C[C@@H]1[C@@H](/C=C/[C@@H](O)COc2cccc(Cl)c2)[C@H](O)C[C@@H]1O. The second-order valence-corrected chi connectivity index (χ2v) is 9.39. The fourth-order valence-electron chi connectivity index (χ4n) is 4.08. The number of hydrogen-bond donors (Lipinski definition) is 6. The topological polar surface area (TPSA) is 152 Å². The number of aliphatic hydroxyl groups excluding tert-OH is 3. The molecule has 202 valence electrons. The lowest BCUT2D eigenvalue weighted by Gasteiger charge is -2.19. The molecule has 1 saturated carbocycles. The molecule has 6 atom stereocenters. The zero-order valence-corrected chi connectivity index (χ0v) is 21.1. The van der Waals surface area contributed by atoms with E-state index in [4.69, 9.17) is 26.8 Å². The number of amides is 1. The molecule has 0 spiro atoms. The van der Waals surface area contributed by atoms with E-state index in [1.807, 2.05) is 12.2 Å². The van der Waals surface area contributed by atoms with Gasteiger partial charge in [0.1, 0.15) is 18.5 Å². The Labute approximate surface area is 216 Å². The van der Waals surface area contributed by atoms with Crippen LogP contribution in [0.25, 0.3) is 0 Å². The lowest BCUT2D eigenvalue weighted by atomic mass is 9.89. The molecule has 1 amide bonds. The maximum Gasteiger partial charge on any atom is 0.220 e. The molecule has 11 heteroatoms. The number of carbonyl (C=O) groups excluding carboxylic acids is 1. The summed E-state index contributed by atoms with van der Waals surface area (Å²) < 4.78 is 5.54. The number of halogens is 1. The normalized spacial score (nSPS) is 24.0. The first kappa shape index (κ1) is 30.2. The molecule has 0 radical (unpaired) electrons. The molecule has 0 heterocycles. The van der Waals surface area contributed by atoms with Crippen LogP contribution in [0.5, 0.6) is 5.75 Å². The van der Waals surface area contributed by atoms with Crippen LogP contribution in [-0.4, -0.2) is 74.6 Å². The molecule has 10 nitrogen and oxygen atoms in total. The van der Waals surface area contributed by atoms with Crippen molar-refractivity contribution in [3.8, 4) is 5.75 Å². The van der Waals surface area contributed by atoms with Crippen LogP contribution < -0.4 is 10.1 Å². The van der Waals surface area contributed by atoms with Crippen LogP contribution >= 0.6 is 11.6 Å². The minimum Gasteiger partial charge on any atom is -0.491 e. The van der Waals surface area contributed by atoms with Crippen molar-refractivity contribution in [1.29, 1.82) is 0 Å². The molecule has 6 N–H and O–H groups in total. The molecule has 0 bridgehead atoms. The van der Waals surface area contributed by atoms with Crippen molar-refractivity contribution < 1.29 is 40.1 Å². The lowest BCUT2D eigenvalue weighted by molar-refractivity contribution is -0.493. The maximum absolute atomic E-state index is 11.9. The lowest BCUT2D eigenvalue weighted by Crippen LogP contribution is -2.37. The Hall–Kier alpha value is -2.02. The van der Waals surface area contributed by atoms with Crippen molar-refractivity contribution in [2.24, 2.45) is 11.8 Å². The molecule has 1 unspecified atom stereocenters. The Balaban J connectivity index is 1.72. The second-order valence-electron chi connectivity index (χ2n) is 8.95. The number of ether oxygens (including phenoxy) is 1. The molecule has 1 aromatic rings. The predicted octanol–water partition coefficient (Wildman–Crippen LogP) is 2.63. The Bertz CT molecular complexity index is 853. The van der Waals surface area contributed by atoms with Crippen molar-refractivity contribution in [3.05, 3.63) is 53.6 Å². The Morgan fingerprint density at radius 1 is 1.25 bits per heavy atom. The van der Waals surface area contributed by atoms with Crippen molar-refractivity contribution in [1.82, 2.24) is 10.7 Å². The summed E-state index contributed by atoms with van der Waals surface area (Å²) in [5.74, 6) is -0.0987. The molecular formula is C25H37ClN2O8. The van der Waals surface area contributed by atoms with Gasteiger partial charge in [0.2, 0.25) is 5.91 Å². The highest BCUT2D eigenvalue weighted by atomic mass is 35.5. The monoisotopic (exact) mass is 528 g/mol. The summed E-state index contributed by atoms with van der Waals surface area (Å²) in [6, 6.07) is 6.51. The Kier molecular flexibility index (Phi) is 13.4. The van der Waals surface area contributed by atoms with E-state index in [-0.39, 0.29) is 43.4 Å². The molecule has 0 aromatic heterocycles. The number of hydrogen-bond acceptors (Lipinski definition) is 9. The molecule has 1 fully saturated rings.